The van der Waals surface area contributed by atoms with Crippen LogP contribution in [-0.4, -0.2) is 26.2 Å². The van der Waals surface area contributed by atoms with Crippen molar-refractivity contribution in [1.82, 2.24) is 14.3 Å². The summed E-state index contributed by atoms with van der Waals surface area (Å²) in [6.45, 7) is 4.60. The van der Waals surface area contributed by atoms with Crippen LogP contribution in [0.3, 0.4) is 0 Å². The number of aromatic nitrogens is 2. The number of carbonyl (C=O) groups is 1. The van der Waals surface area contributed by atoms with E-state index in [2.05, 4.69) is 4.98 Å². The molecule has 0 aliphatic heterocycles. The van der Waals surface area contributed by atoms with Crippen LogP contribution in [0.25, 0.3) is 11.0 Å². The van der Waals surface area contributed by atoms with E-state index in [1.165, 1.54) is 11.3 Å². The fourth-order valence-corrected chi connectivity index (χ4v) is 3.47. The molecule has 2 aromatic heterocycles. The molecule has 0 saturated heterocycles. The Kier molecular flexibility index (Phi) is 5.02. The van der Waals surface area contributed by atoms with Gasteiger partial charge in [0.2, 0.25) is 5.91 Å². The van der Waals surface area contributed by atoms with Crippen LogP contribution in [-0.2, 0) is 11.3 Å². The number of thiazole rings is 1. The Morgan fingerprint density at radius 3 is 2.83 bits per heavy atom. The van der Waals surface area contributed by atoms with Crippen LogP contribution in [0.15, 0.2) is 48.0 Å². The van der Waals surface area contributed by atoms with Gasteiger partial charge in [0.05, 0.1) is 5.69 Å². The quantitative estimate of drug-likeness (QED) is 0.629. The highest BCUT2D eigenvalue weighted by molar-refractivity contribution is 7.15. The molecule has 124 valence electrons. The highest BCUT2D eigenvalue weighted by Crippen LogP contribution is 2.22. The lowest BCUT2D eigenvalue weighted by Crippen LogP contribution is -2.35. The van der Waals surface area contributed by atoms with Crippen molar-refractivity contribution in [1.29, 1.82) is 0 Å². The number of carbonyl (C=O) groups excluding carboxylic acids is 1. The van der Waals surface area contributed by atoms with Crippen molar-refractivity contribution < 1.29 is 4.79 Å². The van der Waals surface area contributed by atoms with Crippen LogP contribution < -0.4 is 0 Å². The molecule has 0 radical (unpaired) electrons. The lowest BCUT2D eigenvalue weighted by Gasteiger charge is -2.25. The number of hydrogen-bond acceptors (Lipinski definition) is 3. The number of nitrogens with zero attached hydrogens (tertiary/aromatic N) is 3. The minimum absolute atomic E-state index is 0.0462. The fourth-order valence-electron chi connectivity index (χ4n) is 2.47. The summed E-state index contributed by atoms with van der Waals surface area (Å²) in [4.78, 5) is 19.6. The Labute approximate surface area is 150 Å². The van der Waals surface area contributed by atoms with Crippen LogP contribution in [0.4, 0.5) is 0 Å². The standard InChI is InChI=1S/C18H18ClN3OS/c1-13(2)22(12-14-6-4-3-5-7-14)16(23)9-8-15-17(19)20-18-21(15)10-11-24-18/h3-11,13H,12H2,1-2H3/b9-8+. The minimum atomic E-state index is -0.0462. The lowest BCUT2D eigenvalue weighted by molar-refractivity contribution is -0.128. The fraction of sp³-hybridized carbons (Fsp3) is 0.222. The number of hydrogen-bond donors (Lipinski definition) is 0. The molecule has 24 heavy (non-hydrogen) atoms. The third kappa shape index (κ3) is 3.52. The molecular formula is C18H18ClN3OS. The van der Waals surface area contributed by atoms with E-state index >= 15 is 0 Å². The average molecular weight is 360 g/mol. The summed E-state index contributed by atoms with van der Waals surface area (Å²) in [5.74, 6) is -0.0462. The van der Waals surface area contributed by atoms with Crippen molar-refractivity contribution >= 4 is 39.9 Å². The molecule has 6 heteroatoms. The SMILES string of the molecule is CC(C)N(Cc1ccccc1)C(=O)/C=C/c1c(Cl)nc2sccn12. The summed E-state index contributed by atoms with van der Waals surface area (Å²) in [5, 5.41) is 2.35. The molecule has 3 rings (SSSR count). The van der Waals surface area contributed by atoms with Crippen molar-refractivity contribution in [3.63, 3.8) is 0 Å². The monoisotopic (exact) mass is 359 g/mol. The third-order valence-electron chi connectivity index (χ3n) is 3.74. The van der Waals surface area contributed by atoms with Crippen molar-refractivity contribution in [3.05, 3.63) is 64.4 Å². The maximum Gasteiger partial charge on any atom is 0.247 e. The average Bonchev–Trinajstić information content (AvgIpc) is 3.12. The van der Waals surface area contributed by atoms with Gasteiger partial charge in [0.1, 0.15) is 0 Å². The van der Waals surface area contributed by atoms with Crippen molar-refractivity contribution in [2.75, 3.05) is 0 Å². The smallest absolute Gasteiger partial charge is 0.247 e. The highest BCUT2D eigenvalue weighted by atomic mass is 35.5. The van der Waals surface area contributed by atoms with Gasteiger partial charge in [0, 0.05) is 30.2 Å². The Bertz CT molecular complexity index is 867. The van der Waals surface area contributed by atoms with E-state index in [-0.39, 0.29) is 11.9 Å². The summed E-state index contributed by atoms with van der Waals surface area (Å²) in [7, 11) is 0. The minimum Gasteiger partial charge on any atom is -0.332 e. The first-order valence-electron chi connectivity index (χ1n) is 7.70. The first-order valence-corrected chi connectivity index (χ1v) is 8.95. The van der Waals surface area contributed by atoms with Gasteiger partial charge < -0.3 is 4.90 Å². The zero-order valence-corrected chi connectivity index (χ0v) is 15.1. The maximum atomic E-state index is 12.6. The molecule has 4 nitrogen and oxygen atoms in total. The zero-order valence-electron chi connectivity index (χ0n) is 13.5. The van der Waals surface area contributed by atoms with Gasteiger partial charge >= 0.3 is 0 Å². The van der Waals surface area contributed by atoms with E-state index in [9.17, 15) is 4.79 Å². The van der Waals surface area contributed by atoms with E-state index in [1.807, 2.05) is 65.1 Å². The third-order valence-corrected chi connectivity index (χ3v) is 4.77. The summed E-state index contributed by atoms with van der Waals surface area (Å²) in [6, 6.07) is 10.1. The summed E-state index contributed by atoms with van der Waals surface area (Å²) >= 11 is 7.67. The second-order valence-corrected chi connectivity index (χ2v) is 6.95. The Balaban J connectivity index is 1.80. The number of halogens is 1. The Hall–Kier alpha value is -2.11. The van der Waals surface area contributed by atoms with Crippen molar-refractivity contribution in [3.8, 4) is 0 Å². The normalized spacial score (nSPS) is 11.7. The molecule has 0 atom stereocenters. The first kappa shape index (κ1) is 16.7. The van der Waals surface area contributed by atoms with E-state index < -0.39 is 0 Å². The van der Waals surface area contributed by atoms with Gasteiger partial charge in [-0.3, -0.25) is 9.20 Å². The Morgan fingerprint density at radius 2 is 2.12 bits per heavy atom. The van der Waals surface area contributed by atoms with Crippen LogP contribution in [0.2, 0.25) is 5.15 Å². The van der Waals surface area contributed by atoms with E-state index in [0.29, 0.717) is 11.7 Å². The topological polar surface area (TPSA) is 37.6 Å². The van der Waals surface area contributed by atoms with Crippen LogP contribution in [0, 0.1) is 0 Å². The van der Waals surface area contributed by atoms with Gasteiger partial charge in [-0.2, -0.15) is 0 Å². The number of amides is 1. The lowest BCUT2D eigenvalue weighted by atomic mass is 10.2. The maximum absolute atomic E-state index is 12.6. The van der Waals surface area contributed by atoms with Crippen LogP contribution in [0.1, 0.15) is 25.1 Å². The van der Waals surface area contributed by atoms with Gasteiger partial charge in [-0.1, -0.05) is 41.9 Å². The van der Waals surface area contributed by atoms with Gasteiger partial charge in [-0.05, 0) is 25.5 Å². The molecule has 0 unspecified atom stereocenters. The summed E-state index contributed by atoms with van der Waals surface area (Å²) in [6.07, 6.45) is 5.20. The van der Waals surface area contributed by atoms with Crippen LogP contribution >= 0.6 is 22.9 Å². The predicted molar refractivity (Wildman–Crippen MR) is 99.2 cm³/mol. The zero-order chi connectivity index (χ0) is 17.1. The molecule has 0 bridgehead atoms. The van der Waals surface area contributed by atoms with Crippen molar-refractivity contribution in [2.24, 2.45) is 0 Å². The molecular weight excluding hydrogens is 342 g/mol. The highest BCUT2D eigenvalue weighted by Gasteiger charge is 2.16. The predicted octanol–water partition coefficient (Wildman–Crippen LogP) is 4.50. The summed E-state index contributed by atoms with van der Waals surface area (Å²) in [5.41, 5.74) is 1.83. The molecule has 2 heterocycles. The summed E-state index contributed by atoms with van der Waals surface area (Å²) < 4.78 is 1.88. The van der Waals surface area contributed by atoms with Crippen molar-refractivity contribution in [2.45, 2.75) is 26.4 Å². The molecule has 0 N–H and O–H groups in total. The molecule has 0 fully saturated rings. The van der Waals surface area contributed by atoms with Gasteiger partial charge in [0.25, 0.3) is 0 Å². The molecule has 1 aromatic carbocycles. The molecule has 0 saturated carbocycles. The molecule has 0 aliphatic carbocycles. The number of rotatable bonds is 5. The van der Waals surface area contributed by atoms with E-state index in [0.717, 1.165) is 16.2 Å². The van der Waals surface area contributed by atoms with Gasteiger partial charge in [0.15, 0.2) is 10.1 Å². The largest absolute Gasteiger partial charge is 0.332 e. The second-order valence-electron chi connectivity index (χ2n) is 5.72. The van der Waals surface area contributed by atoms with Gasteiger partial charge in [-0.25, -0.2) is 4.98 Å². The van der Waals surface area contributed by atoms with E-state index in [1.54, 1.807) is 12.2 Å². The molecule has 0 aliphatic rings. The first-order chi connectivity index (χ1) is 11.6. The molecule has 0 spiro atoms. The number of imidazole rings is 1. The number of fused-ring (bicyclic) bond motifs is 1. The Morgan fingerprint density at radius 1 is 1.38 bits per heavy atom. The molecule has 1 amide bonds. The molecule has 3 aromatic rings. The van der Waals surface area contributed by atoms with E-state index in [4.69, 9.17) is 11.6 Å². The van der Waals surface area contributed by atoms with Crippen LogP contribution in [0.5, 0.6) is 0 Å². The second kappa shape index (κ2) is 7.20. The number of benzene rings is 1. The van der Waals surface area contributed by atoms with Gasteiger partial charge in [-0.15, -0.1) is 11.3 Å².